The van der Waals surface area contributed by atoms with Gasteiger partial charge in [0, 0.05) is 4.47 Å². The largest absolute Gasteiger partial charge is 0.397 e. The van der Waals surface area contributed by atoms with Crippen LogP contribution in [-0.4, -0.2) is 8.42 Å². The molecule has 4 nitrogen and oxygen atoms in total. The van der Waals surface area contributed by atoms with Crippen molar-refractivity contribution in [3.05, 3.63) is 51.7 Å². The Bertz CT molecular complexity index is 784. The van der Waals surface area contributed by atoms with Crippen molar-refractivity contribution in [2.75, 3.05) is 10.5 Å². The summed E-state index contributed by atoms with van der Waals surface area (Å²) < 4.78 is 41.3. The van der Waals surface area contributed by atoms with Gasteiger partial charge in [0.2, 0.25) is 0 Å². The van der Waals surface area contributed by atoms with Crippen molar-refractivity contribution in [3.63, 3.8) is 0 Å². The van der Waals surface area contributed by atoms with Crippen LogP contribution in [0.15, 0.2) is 39.7 Å². The minimum absolute atomic E-state index is 0.107. The molecule has 112 valence electrons. The topological polar surface area (TPSA) is 72.2 Å². The summed E-state index contributed by atoms with van der Waals surface area (Å²) >= 11 is 3.29. The van der Waals surface area contributed by atoms with E-state index in [1.807, 2.05) is 0 Å². The first kappa shape index (κ1) is 15.8. The van der Waals surface area contributed by atoms with E-state index in [1.54, 1.807) is 26.0 Å². The summed E-state index contributed by atoms with van der Waals surface area (Å²) in [6, 6.07) is 6.97. The second kappa shape index (κ2) is 5.65. The van der Waals surface area contributed by atoms with E-state index < -0.39 is 15.8 Å². The van der Waals surface area contributed by atoms with Crippen molar-refractivity contribution in [1.82, 2.24) is 0 Å². The van der Waals surface area contributed by atoms with Gasteiger partial charge in [0.05, 0.1) is 16.3 Å². The molecular weight excluding hydrogens is 359 g/mol. The van der Waals surface area contributed by atoms with E-state index in [0.717, 1.165) is 10.5 Å². The number of anilines is 2. The number of halogens is 2. The third-order valence-electron chi connectivity index (χ3n) is 3.01. The predicted octanol–water partition coefficient (Wildman–Crippen LogP) is 3.59. The maximum atomic E-state index is 13.3. The third kappa shape index (κ3) is 3.36. The van der Waals surface area contributed by atoms with Crippen LogP contribution in [0.1, 0.15) is 11.1 Å². The fourth-order valence-electron chi connectivity index (χ4n) is 1.96. The number of hydrogen-bond donors (Lipinski definition) is 2. The monoisotopic (exact) mass is 372 g/mol. The highest BCUT2D eigenvalue weighted by Crippen LogP contribution is 2.30. The van der Waals surface area contributed by atoms with E-state index in [9.17, 15) is 12.8 Å². The van der Waals surface area contributed by atoms with Crippen LogP contribution in [0.5, 0.6) is 0 Å². The number of nitrogen functional groups attached to an aromatic ring is 1. The van der Waals surface area contributed by atoms with Gasteiger partial charge < -0.3 is 5.73 Å². The number of rotatable bonds is 3. The fourth-order valence-corrected chi connectivity index (χ4v) is 3.97. The minimum atomic E-state index is -3.91. The summed E-state index contributed by atoms with van der Waals surface area (Å²) in [7, 11) is -3.91. The molecule has 0 unspecified atom stereocenters. The lowest BCUT2D eigenvalue weighted by molar-refractivity contribution is 0.594. The van der Waals surface area contributed by atoms with E-state index in [4.69, 9.17) is 5.73 Å². The van der Waals surface area contributed by atoms with Gasteiger partial charge in [-0.1, -0.05) is 22.0 Å². The Morgan fingerprint density at radius 2 is 1.81 bits per heavy atom. The van der Waals surface area contributed by atoms with Gasteiger partial charge in [0.15, 0.2) is 0 Å². The average Bonchev–Trinajstić information content (AvgIpc) is 2.36. The van der Waals surface area contributed by atoms with Crippen molar-refractivity contribution in [2.45, 2.75) is 18.7 Å². The minimum Gasteiger partial charge on any atom is -0.397 e. The molecule has 0 aliphatic carbocycles. The Balaban J connectivity index is 2.50. The van der Waals surface area contributed by atoms with E-state index in [-0.39, 0.29) is 4.90 Å². The lowest BCUT2D eigenvalue weighted by Gasteiger charge is -2.15. The van der Waals surface area contributed by atoms with Crippen LogP contribution in [0.4, 0.5) is 15.8 Å². The van der Waals surface area contributed by atoms with Crippen LogP contribution in [0.3, 0.4) is 0 Å². The molecule has 7 heteroatoms. The predicted molar refractivity (Wildman–Crippen MR) is 85.2 cm³/mol. The van der Waals surface area contributed by atoms with Gasteiger partial charge in [-0.3, -0.25) is 4.72 Å². The van der Waals surface area contributed by atoms with Gasteiger partial charge in [0.1, 0.15) is 5.82 Å². The van der Waals surface area contributed by atoms with Gasteiger partial charge in [-0.2, -0.15) is 0 Å². The zero-order valence-corrected chi connectivity index (χ0v) is 13.8. The molecule has 21 heavy (non-hydrogen) atoms. The first-order chi connectivity index (χ1) is 9.70. The van der Waals surface area contributed by atoms with Crippen LogP contribution in [0.2, 0.25) is 0 Å². The molecule has 0 heterocycles. The maximum absolute atomic E-state index is 13.3. The van der Waals surface area contributed by atoms with Crippen LogP contribution >= 0.6 is 15.9 Å². The van der Waals surface area contributed by atoms with Crippen LogP contribution in [-0.2, 0) is 10.0 Å². The van der Waals surface area contributed by atoms with E-state index in [2.05, 4.69) is 20.7 Å². The molecule has 0 aliphatic rings. The summed E-state index contributed by atoms with van der Waals surface area (Å²) in [4.78, 5) is -0.107. The van der Waals surface area contributed by atoms with Gasteiger partial charge in [-0.25, -0.2) is 12.8 Å². The third-order valence-corrected chi connectivity index (χ3v) is 4.96. The second-order valence-corrected chi connectivity index (χ2v) is 7.27. The van der Waals surface area contributed by atoms with E-state index in [0.29, 0.717) is 22.5 Å². The number of aryl methyl sites for hydroxylation is 2. The summed E-state index contributed by atoms with van der Waals surface area (Å²) in [6.45, 7) is 3.34. The number of hydrogen-bond acceptors (Lipinski definition) is 3. The van der Waals surface area contributed by atoms with Crippen molar-refractivity contribution >= 4 is 37.3 Å². The van der Waals surface area contributed by atoms with Crippen molar-refractivity contribution in [2.24, 2.45) is 0 Å². The fraction of sp³-hybridized carbons (Fsp3) is 0.143. The van der Waals surface area contributed by atoms with Gasteiger partial charge in [-0.05, 0) is 49.2 Å². The number of benzene rings is 2. The van der Waals surface area contributed by atoms with Gasteiger partial charge >= 0.3 is 0 Å². The lowest BCUT2D eigenvalue weighted by atomic mass is 10.2. The molecule has 0 fully saturated rings. The van der Waals surface area contributed by atoms with Crippen molar-refractivity contribution in [3.8, 4) is 0 Å². The van der Waals surface area contributed by atoms with Gasteiger partial charge in [-0.15, -0.1) is 0 Å². The van der Waals surface area contributed by atoms with E-state index in [1.165, 1.54) is 12.1 Å². The van der Waals surface area contributed by atoms with Crippen molar-refractivity contribution < 1.29 is 12.8 Å². The Hall–Kier alpha value is -1.60. The number of sulfonamides is 1. The summed E-state index contributed by atoms with van der Waals surface area (Å²) in [6.07, 6.45) is 0. The molecule has 3 N–H and O–H groups in total. The quantitative estimate of drug-likeness (QED) is 0.808. The second-order valence-electron chi connectivity index (χ2n) is 4.70. The van der Waals surface area contributed by atoms with Gasteiger partial charge in [0.25, 0.3) is 10.0 Å². The molecule has 0 radical (unpaired) electrons. The maximum Gasteiger partial charge on any atom is 0.262 e. The zero-order chi connectivity index (χ0) is 15.8. The SMILES string of the molecule is Cc1ccc(F)cc1S(=O)(=O)Nc1c(C)cc(Br)cc1N. The number of nitrogens with one attached hydrogen (secondary N) is 1. The molecule has 0 saturated carbocycles. The first-order valence-electron chi connectivity index (χ1n) is 6.05. The highest BCUT2D eigenvalue weighted by atomic mass is 79.9. The first-order valence-corrected chi connectivity index (χ1v) is 8.33. The molecule has 0 atom stereocenters. The molecule has 2 rings (SSSR count). The zero-order valence-electron chi connectivity index (χ0n) is 11.4. The molecule has 0 bridgehead atoms. The smallest absolute Gasteiger partial charge is 0.262 e. The Labute approximate surface area is 131 Å². The molecule has 2 aromatic carbocycles. The van der Waals surface area contributed by atoms with Crippen LogP contribution in [0.25, 0.3) is 0 Å². The summed E-state index contributed by atoms with van der Waals surface area (Å²) in [5, 5.41) is 0. The summed E-state index contributed by atoms with van der Waals surface area (Å²) in [5.41, 5.74) is 7.55. The highest BCUT2D eigenvalue weighted by Gasteiger charge is 2.20. The van der Waals surface area contributed by atoms with Crippen LogP contribution in [0, 0.1) is 19.7 Å². The Morgan fingerprint density at radius 1 is 1.14 bits per heavy atom. The summed E-state index contributed by atoms with van der Waals surface area (Å²) in [5.74, 6) is -0.610. The molecular formula is C14H14BrFN2O2S. The number of nitrogens with two attached hydrogens (primary N) is 1. The molecule has 0 saturated heterocycles. The molecule has 0 aromatic heterocycles. The van der Waals surface area contributed by atoms with Crippen molar-refractivity contribution in [1.29, 1.82) is 0 Å². The lowest BCUT2D eigenvalue weighted by Crippen LogP contribution is -2.16. The molecule has 0 aliphatic heterocycles. The molecule has 2 aromatic rings. The highest BCUT2D eigenvalue weighted by molar-refractivity contribution is 9.10. The van der Waals surface area contributed by atoms with Crippen LogP contribution < -0.4 is 10.5 Å². The molecule has 0 amide bonds. The average molecular weight is 373 g/mol. The Morgan fingerprint density at radius 3 is 2.43 bits per heavy atom. The normalized spacial score (nSPS) is 11.4. The van der Waals surface area contributed by atoms with E-state index >= 15 is 0 Å². The standard InChI is InChI=1S/C14H14BrFN2O2S/c1-8-3-4-11(16)7-13(8)21(19,20)18-14-9(2)5-10(15)6-12(14)17/h3-7,18H,17H2,1-2H3. The Kier molecular flexibility index (Phi) is 4.25. The molecule has 0 spiro atoms.